The molecule has 5 rings (SSSR count). The first-order valence-electron chi connectivity index (χ1n) is 8.57. The monoisotopic (exact) mass is 334 g/mol. The number of fused-ring (bicyclic) bond motifs is 7. The van der Waals surface area contributed by atoms with Gasteiger partial charge in [0.05, 0.1) is 12.1 Å². The topological polar surface area (TPSA) is 64.7 Å². The molecule has 0 spiro atoms. The Hall–Kier alpha value is -3.02. The second-order valence-electron chi connectivity index (χ2n) is 6.66. The summed E-state index contributed by atoms with van der Waals surface area (Å²) in [5.74, 6) is 0. The zero-order valence-corrected chi connectivity index (χ0v) is 13.6. The van der Waals surface area contributed by atoms with Crippen molar-refractivity contribution in [3.05, 3.63) is 59.7 Å². The number of carbonyl (C=O) groups excluding carboxylic acids is 2. The molecule has 2 aromatic rings. The summed E-state index contributed by atoms with van der Waals surface area (Å²) < 4.78 is 0. The van der Waals surface area contributed by atoms with E-state index in [1.807, 2.05) is 58.3 Å². The predicted molar refractivity (Wildman–Crippen MR) is 94.4 cm³/mol. The molecule has 0 aliphatic carbocycles. The fourth-order valence-electron chi connectivity index (χ4n) is 4.27. The van der Waals surface area contributed by atoms with Crippen molar-refractivity contribution >= 4 is 23.4 Å². The fraction of sp³-hybridized carbons (Fsp3) is 0.263. The summed E-state index contributed by atoms with van der Waals surface area (Å²) in [7, 11) is 0. The van der Waals surface area contributed by atoms with Gasteiger partial charge in [0.25, 0.3) is 0 Å². The van der Waals surface area contributed by atoms with Gasteiger partial charge >= 0.3 is 12.1 Å². The zero-order chi connectivity index (χ0) is 17.0. The van der Waals surface area contributed by atoms with E-state index in [1.54, 1.807) is 0 Å². The maximum absolute atomic E-state index is 12.7. The van der Waals surface area contributed by atoms with Crippen molar-refractivity contribution in [1.29, 1.82) is 0 Å². The van der Waals surface area contributed by atoms with Gasteiger partial charge in [0, 0.05) is 35.6 Å². The molecule has 0 saturated carbocycles. The number of rotatable bonds is 0. The number of nitrogens with zero attached hydrogens (tertiary/aromatic N) is 2. The SMILES string of the molecule is O=C1Nc2ccccc2[C@@H]2[C@@H]3c4ccccc4NC(=O)N3CCCN12. The van der Waals surface area contributed by atoms with Crippen LogP contribution in [0.4, 0.5) is 21.0 Å². The Kier molecular flexibility index (Phi) is 3.00. The first kappa shape index (κ1) is 14.3. The highest BCUT2D eigenvalue weighted by atomic mass is 16.2. The Morgan fingerprint density at radius 2 is 1.16 bits per heavy atom. The largest absolute Gasteiger partial charge is 0.322 e. The number of para-hydroxylation sites is 2. The van der Waals surface area contributed by atoms with Crippen LogP contribution in [0.25, 0.3) is 0 Å². The van der Waals surface area contributed by atoms with Gasteiger partial charge in [-0.15, -0.1) is 0 Å². The molecular weight excluding hydrogens is 316 g/mol. The second-order valence-corrected chi connectivity index (χ2v) is 6.66. The van der Waals surface area contributed by atoms with Crippen molar-refractivity contribution in [2.75, 3.05) is 23.7 Å². The molecule has 2 aromatic carbocycles. The third kappa shape index (κ3) is 2.03. The van der Waals surface area contributed by atoms with Crippen molar-refractivity contribution in [3.8, 4) is 0 Å². The van der Waals surface area contributed by atoms with E-state index in [0.29, 0.717) is 13.1 Å². The molecule has 1 saturated heterocycles. The number of hydrogen-bond acceptors (Lipinski definition) is 2. The van der Waals surface area contributed by atoms with E-state index in [0.717, 1.165) is 28.9 Å². The molecule has 2 atom stereocenters. The highest BCUT2D eigenvalue weighted by molar-refractivity contribution is 5.96. The summed E-state index contributed by atoms with van der Waals surface area (Å²) in [6, 6.07) is 15.2. The van der Waals surface area contributed by atoms with E-state index in [9.17, 15) is 9.59 Å². The molecule has 0 bridgehead atoms. The molecule has 6 nitrogen and oxygen atoms in total. The summed E-state index contributed by atoms with van der Waals surface area (Å²) in [5.41, 5.74) is 3.78. The first-order chi connectivity index (χ1) is 12.2. The van der Waals surface area contributed by atoms with E-state index in [-0.39, 0.29) is 24.1 Å². The van der Waals surface area contributed by atoms with Gasteiger partial charge in [-0.2, -0.15) is 0 Å². The Morgan fingerprint density at radius 3 is 1.64 bits per heavy atom. The van der Waals surface area contributed by atoms with Gasteiger partial charge in [0.2, 0.25) is 0 Å². The number of anilines is 2. The maximum Gasteiger partial charge on any atom is 0.322 e. The third-order valence-electron chi connectivity index (χ3n) is 5.33. The Balaban J connectivity index is 1.74. The molecule has 3 aliphatic rings. The molecule has 3 aliphatic heterocycles. The van der Waals surface area contributed by atoms with Gasteiger partial charge < -0.3 is 20.4 Å². The lowest BCUT2D eigenvalue weighted by Crippen LogP contribution is -2.49. The third-order valence-corrected chi connectivity index (χ3v) is 5.33. The highest BCUT2D eigenvalue weighted by Gasteiger charge is 2.46. The number of amides is 4. The van der Waals surface area contributed by atoms with Gasteiger partial charge in [-0.3, -0.25) is 0 Å². The van der Waals surface area contributed by atoms with Gasteiger partial charge in [-0.1, -0.05) is 36.4 Å². The molecule has 126 valence electrons. The van der Waals surface area contributed by atoms with Crippen LogP contribution in [0.5, 0.6) is 0 Å². The average Bonchev–Trinajstić information content (AvgIpc) is 2.83. The molecular formula is C19H18N4O2. The van der Waals surface area contributed by atoms with Crippen LogP contribution in [-0.2, 0) is 0 Å². The number of carbonyl (C=O) groups is 2. The molecule has 2 N–H and O–H groups in total. The lowest BCUT2D eigenvalue weighted by atomic mass is 9.87. The van der Waals surface area contributed by atoms with Crippen LogP contribution in [-0.4, -0.2) is 35.0 Å². The first-order valence-corrected chi connectivity index (χ1v) is 8.57. The minimum Gasteiger partial charge on any atom is -0.315 e. The summed E-state index contributed by atoms with van der Waals surface area (Å²) in [6.45, 7) is 1.26. The van der Waals surface area contributed by atoms with Crippen LogP contribution in [0.1, 0.15) is 29.6 Å². The van der Waals surface area contributed by atoms with Crippen molar-refractivity contribution in [2.45, 2.75) is 18.5 Å². The predicted octanol–water partition coefficient (Wildman–Crippen LogP) is 3.57. The molecule has 4 amide bonds. The van der Waals surface area contributed by atoms with E-state index < -0.39 is 0 Å². The van der Waals surface area contributed by atoms with Gasteiger partial charge in [0.1, 0.15) is 0 Å². The summed E-state index contributed by atoms with van der Waals surface area (Å²) >= 11 is 0. The lowest BCUT2D eigenvalue weighted by Gasteiger charge is -2.45. The van der Waals surface area contributed by atoms with E-state index in [4.69, 9.17) is 0 Å². The Bertz CT molecular complexity index is 810. The van der Waals surface area contributed by atoms with Crippen LogP contribution in [0.15, 0.2) is 48.5 Å². The smallest absolute Gasteiger partial charge is 0.315 e. The van der Waals surface area contributed by atoms with Crippen LogP contribution in [0.2, 0.25) is 0 Å². The fourth-order valence-corrected chi connectivity index (χ4v) is 4.27. The van der Waals surface area contributed by atoms with Crippen LogP contribution in [0.3, 0.4) is 0 Å². The maximum atomic E-state index is 12.7. The summed E-state index contributed by atoms with van der Waals surface area (Å²) in [4.78, 5) is 29.2. The number of benzene rings is 2. The van der Waals surface area contributed by atoms with Gasteiger partial charge in [-0.05, 0) is 18.6 Å². The molecule has 25 heavy (non-hydrogen) atoms. The minimum absolute atomic E-state index is 0.0889. The number of hydrogen-bond donors (Lipinski definition) is 2. The summed E-state index contributed by atoms with van der Waals surface area (Å²) in [5, 5.41) is 5.97. The molecule has 1 fully saturated rings. The second kappa shape index (κ2) is 5.24. The number of urea groups is 2. The number of nitrogens with one attached hydrogen (secondary N) is 2. The van der Waals surface area contributed by atoms with Crippen molar-refractivity contribution in [2.24, 2.45) is 0 Å². The summed E-state index contributed by atoms with van der Waals surface area (Å²) in [6.07, 6.45) is 0.762. The standard InChI is InChI=1S/C19H18N4O2/c24-18-20-14-8-3-1-6-12(14)16-17-13-7-2-4-9-15(13)21-19(25)23(17)11-5-10-22(16)18/h1-4,6-9,16-17H,5,10-11H2,(H,20,24)(H,21,25)/t16-,17+. The lowest BCUT2D eigenvalue weighted by molar-refractivity contribution is 0.136. The van der Waals surface area contributed by atoms with E-state index in [2.05, 4.69) is 10.6 Å². The van der Waals surface area contributed by atoms with Gasteiger partial charge in [0.15, 0.2) is 0 Å². The van der Waals surface area contributed by atoms with Crippen molar-refractivity contribution in [3.63, 3.8) is 0 Å². The average molecular weight is 334 g/mol. The van der Waals surface area contributed by atoms with Crippen molar-refractivity contribution < 1.29 is 9.59 Å². The van der Waals surface area contributed by atoms with Crippen LogP contribution < -0.4 is 10.6 Å². The molecule has 3 heterocycles. The van der Waals surface area contributed by atoms with Gasteiger partial charge in [-0.25, -0.2) is 9.59 Å². The zero-order valence-electron chi connectivity index (χ0n) is 13.6. The molecule has 6 heteroatoms. The molecule has 0 aromatic heterocycles. The van der Waals surface area contributed by atoms with E-state index >= 15 is 0 Å². The van der Waals surface area contributed by atoms with Crippen molar-refractivity contribution in [1.82, 2.24) is 9.80 Å². The Labute approximate surface area is 145 Å². The highest BCUT2D eigenvalue weighted by Crippen LogP contribution is 2.48. The quantitative estimate of drug-likeness (QED) is 0.773. The normalized spacial score (nSPS) is 24.2. The minimum atomic E-state index is -0.181. The molecule has 0 unspecified atom stereocenters. The Morgan fingerprint density at radius 1 is 0.720 bits per heavy atom. The van der Waals surface area contributed by atoms with Crippen LogP contribution in [0, 0.1) is 0 Å². The molecule has 0 radical (unpaired) electrons. The van der Waals surface area contributed by atoms with Crippen LogP contribution >= 0.6 is 0 Å². The van der Waals surface area contributed by atoms with E-state index in [1.165, 1.54) is 0 Å².